The van der Waals surface area contributed by atoms with E-state index in [-0.39, 0.29) is 24.2 Å². The second-order valence-electron chi connectivity index (χ2n) is 5.41. The van der Waals surface area contributed by atoms with E-state index < -0.39 is 11.9 Å². The zero-order valence-electron chi connectivity index (χ0n) is 13.1. The zero-order chi connectivity index (χ0) is 16.0. The van der Waals surface area contributed by atoms with Crippen molar-refractivity contribution in [1.82, 2.24) is 0 Å². The van der Waals surface area contributed by atoms with Crippen LogP contribution in [0.3, 0.4) is 0 Å². The SMILES string of the molecule is CCOC(=O)COc1ccc(C(C)(C)CC)cc1C(N)=O. The van der Waals surface area contributed by atoms with E-state index in [1.165, 1.54) is 0 Å². The Labute approximate surface area is 125 Å². The molecule has 0 saturated carbocycles. The molecular formula is C16H23NO4. The largest absolute Gasteiger partial charge is 0.481 e. The Bertz CT molecular complexity index is 523. The first-order chi connectivity index (χ1) is 9.81. The molecule has 21 heavy (non-hydrogen) atoms. The Morgan fingerprint density at radius 3 is 2.43 bits per heavy atom. The van der Waals surface area contributed by atoms with E-state index in [2.05, 4.69) is 20.8 Å². The van der Waals surface area contributed by atoms with Gasteiger partial charge in [-0.25, -0.2) is 4.79 Å². The van der Waals surface area contributed by atoms with Gasteiger partial charge in [0.25, 0.3) is 5.91 Å². The fraction of sp³-hybridized carbons (Fsp3) is 0.500. The molecule has 0 saturated heterocycles. The molecule has 0 unspecified atom stereocenters. The van der Waals surface area contributed by atoms with E-state index in [1.807, 2.05) is 6.07 Å². The fourth-order valence-electron chi connectivity index (χ4n) is 1.81. The second-order valence-corrected chi connectivity index (χ2v) is 5.41. The predicted octanol–water partition coefficient (Wildman–Crippen LogP) is 2.42. The molecule has 0 spiro atoms. The van der Waals surface area contributed by atoms with E-state index in [1.54, 1.807) is 19.1 Å². The summed E-state index contributed by atoms with van der Waals surface area (Å²) in [4.78, 5) is 22.9. The van der Waals surface area contributed by atoms with Gasteiger partial charge in [0, 0.05) is 0 Å². The fourth-order valence-corrected chi connectivity index (χ4v) is 1.81. The maximum absolute atomic E-state index is 11.6. The molecule has 0 heterocycles. The average Bonchev–Trinajstić information content (AvgIpc) is 2.45. The Hall–Kier alpha value is -2.04. The van der Waals surface area contributed by atoms with Crippen molar-refractivity contribution in [3.05, 3.63) is 29.3 Å². The minimum Gasteiger partial charge on any atom is -0.481 e. The topological polar surface area (TPSA) is 78.6 Å². The standard InChI is InChI=1S/C16H23NO4/c1-5-16(3,4)11-7-8-13(12(9-11)15(17)19)21-10-14(18)20-6-2/h7-9H,5-6,10H2,1-4H3,(H2,17,19). The summed E-state index contributed by atoms with van der Waals surface area (Å²) in [6.07, 6.45) is 0.925. The maximum Gasteiger partial charge on any atom is 0.344 e. The summed E-state index contributed by atoms with van der Waals surface area (Å²) in [7, 11) is 0. The van der Waals surface area contributed by atoms with Crippen molar-refractivity contribution in [2.75, 3.05) is 13.2 Å². The number of esters is 1. The van der Waals surface area contributed by atoms with Crippen LogP contribution in [0.2, 0.25) is 0 Å². The van der Waals surface area contributed by atoms with Crippen LogP contribution in [0.1, 0.15) is 50.0 Å². The van der Waals surface area contributed by atoms with Gasteiger partial charge < -0.3 is 15.2 Å². The Balaban J connectivity index is 3.00. The molecule has 116 valence electrons. The lowest BCUT2D eigenvalue weighted by atomic mass is 9.81. The molecule has 1 aromatic carbocycles. The second kappa shape index (κ2) is 7.11. The Morgan fingerprint density at radius 2 is 1.90 bits per heavy atom. The van der Waals surface area contributed by atoms with E-state index in [4.69, 9.17) is 15.2 Å². The molecule has 0 aromatic heterocycles. The summed E-state index contributed by atoms with van der Waals surface area (Å²) in [5, 5.41) is 0. The summed E-state index contributed by atoms with van der Waals surface area (Å²) >= 11 is 0. The van der Waals surface area contributed by atoms with Crippen LogP contribution in [0.4, 0.5) is 0 Å². The highest BCUT2D eigenvalue weighted by molar-refractivity contribution is 5.96. The van der Waals surface area contributed by atoms with Crippen LogP contribution in [0.5, 0.6) is 5.75 Å². The molecule has 1 aromatic rings. The number of primary amides is 1. The highest BCUT2D eigenvalue weighted by Crippen LogP contribution is 2.30. The van der Waals surface area contributed by atoms with Crippen LogP contribution in [0.25, 0.3) is 0 Å². The Morgan fingerprint density at radius 1 is 1.24 bits per heavy atom. The van der Waals surface area contributed by atoms with E-state index in [0.29, 0.717) is 5.75 Å². The number of amides is 1. The molecule has 1 amide bonds. The van der Waals surface area contributed by atoms with Crippen LogP contribution in [0.15, 0.2) is 18.2 Å². The number of benzene rings is 1. The molecule has 5 heteroatoms. The number of rotatable bonds is 7. The average molecular weight is 293 g/mol. The summed E-state index contributed by atoms with van der Waals surface area (Å²) in [5.41, 5.74) is 6.61. The predicted molar refractivity (Wildman–Crippen MR) is 80.4 cm³/mol. The molecule has 0 aliphatic heterocycles. The molecule has 0 bridgehead atoms. The highest BCUT2D eigenvalue weighted by atomic mass is 16.6. The van der Waals surface area contributed by atoms with Crippen molar-refractivity contribution >= 4 is 11.9 Å². The molecule has 5 nitrogen and oxygen atoms in total. The van der Waals surface area contributed by atoms with Crippen molar-refractivity contribution < 1.29 is 19.1 Å². The van der Waals surface area contributed by atoms with Crippen molar-refractivity contribution in [1.29, 1.82) is 0 Å². The third-order valence-corrected chi connectivity index (χ3v) is 3.56. The first-order valence-corrected chi connectivity index (χ1v) is 7.04. The zero-order valence-corrected chi connectivity index (χ0v) is 13.1. The molecule has 0 radical (unpaired) electrons. The quantitative estimate of drug-likeness (QED) is 0.783. The number of nitrogens with two attached hydrogens (primary N) is 1. The molecule has 1 rings (SSSR count). The number of carbonyl (C=O) groups excluding carboxylic acids is 2. The summed E-state index contributed by atoms with van der Waals surface area (Å²) in [6.45, 7) is 8.01. The van der Waals surface area contributed by atoms with Gasteiger partial charge >= 0.3 is 5.97 Å². The van der Waals surface area contributed by atoms with Crippen LogP contribution < -0.4 is 10.5 Å². The van der Waals surface area contributed by atoms with Crippen LogP contribution in [-0.4, -0.2) is 25.1 Å². The van der Waals surface area contributed by atoms with Gasteiger partial charge in [0.2, 0.25) is 0 Å². The smallest absolute Gasteiger partial charge is 0.344 e. The van der Waals surface area contributed by atoms with Gasteiger partial charge in [-0.1, -0.05) is 26.8 Å². The normalized spacial score (nSPS) is 11.0. The van der Waals surface area contributed by atoms with Crippen molar-refractivity contribution in [3.63, 3.8) is 0 Å². The minimum atomic E-state index is -0.581. The third kappa shape index (κ3) is 4.48. The summed E-state index contributed by atoms with van der Waals surface area (Å²) < 4.78 is 10.1. The third-order valence-electron chi connectivity index (χ3n) is 3.56. The lowest BCUT2D eigenvalue weighted by molar-refractivity contribution is -0.145. The van der Waals surface area contributed by atoms with Gasteiger partial charge in [-0.05, 0) is 36.5 Å². The lowest BCUT2D eigenvalue weighted by Gasteiger charge is -2.24. The molecular weight excluding hydrogens is 270 g/mol. The lowest BCUT2D eigenvalue weighted by Crippen LogP contribution is -2.20. The molecule has 0 aliphatic carbocycles. The van der Waals surface area contributed by atoms with Crippen LogP contribution in [-0.2, 0) is 14.9 Å². The Kier molecular flexibility index (Phi) is 5.76. The molecule has 2 N–H and O–H groups in total. The first-order valence-electron chi connectivity index (χ1n) is 7.04. The number of hydrogen-bond donors (Lipinski definition) is 1. The van der Waals surface area contributed by atoms with Crippen molar-refractivity contribution in [2.45, 2.75) is 39.5 Å². The van der Waals surface area contributed by atoms with Gasteiger partial charge in [-0.2, -0.15) is 0 Å². The van der Waals surface area contributed by atoms with Gasteiger partial charge in [-0.15, -0.1) is 0 Å². The molecule has 0 fully saturated rings. The number of hydrogen-bond acceptors (Lipinski definition) is 4. The summed E-state index contributed by atoms with van der Waals surface area (Å²) in [5.74, 6) is -0.764. The van der Waals surface area contributed by atoms with E-state index in [0.717, 1.165) is 12.0 Å². The maximum atomic E-state index is 11.6. The van der Waals surface area contributed by atoms with E-state index in [9.17, 15) is 9.59 Å². The van der Waals surface area contributed by atoms with Gasteiger partial charge in [-0.3, -0.25) is 4.79 Å². The number of ether oxygens (including phenoxy) is 2. The molecule has 0 aliphatic rings. The molecule has 0 atom stereocenters. The van der Waals surface area contributed by atoms with Gasteiger partial charge in [0.1, 0.15) is 5.75 Å². The van der Waals surface area contributed by atoms with Crippen LogP contribution >= 0.6 is 0 Å². The van der Waals surface area contributed by atoms with Gasteiger partial charge in [0.15, 0.2) is 6.61 Å². The van der Waals surface area contributed by atoms with Crippen molar-refractivity contribution in [2.24, 2.45) is 5.73 Å². The highest BCUT2D eigenvalue weighted by Gasteiger charge is 2.21. The van der Waals surface area contributed by atoms with Gasteiger partial charge in [0.05, 0.1) is 12.2 Å². The van der Waals surface area contributed by atoms with E-state index >= 15 is 0 Å². The number of carbonyl (C=O) groups is 2. The minimum absolute atomic E-state index is 0.0656. The van der Waals surface area contributed by atoms with Crippen LogP contribution in [0, 0.1) is 0 Å². The first kappa shape index (κ1) is 17.0. The van der Waals surface area contributed by atoms with Crippen molar-refractivity contribution in [3.8, 4) is 5.75 Å². The monoisotopic (exact) mass is 293 g/mol. The summed E-state index contributed by atoms with van der Waals surface area (Å²) in [6, 6.07) is 5.29.